The number of halogens is 1. The van der Waals surface area contributed by atoms with E-state index in [-0.39, 0.29) is 5.91 Å². The molecule has 98 valence electrons. The molecular weight excluding hydrogens is 290 g/mol. The third-order valence-corrected chi connectivity index (χ3v) is 4.22. The fourth-order valence-electron chi connectivity index (χ4n) is 2.61. The van der Waals surface area contributed by atoms with Crippen LogP contribution in [0.2, 0.25) is 0 Å². The minimum absolute atomic E-state index is 0.178. The maximum atomic E-state index is 12.3. The topological polar surface area (TPSA) is 20.3 Å². The largest absolute Gasteiger partial charge is 0.339 e. The van der Waals surface area contributed by atoms with E-state index in [2.05, 4.69) is 22.9 Å². The van der Waals surface area contributed by atoms with E-state index in [1.54, 1.807) is 0 Å². The molecule has 1 aliphatic rings. The van der Waals surface area contributed by atoms with Crippen LogP contribution in [0.4, 0.5) is 0 Å². The molecule has 0 radical (unpaired) electrons. The number of rotatable bonds is 3. The summed E-state index contributed by atoms with van der Waals surface area (Å²) in [5.74, 6) is 1.00. The van der Waals surface area contributed by atoms with Crippen molar-refractivity contribution in [3.05, 3.63) is 34.3 Å². The zero-order valence-electron chi connectivity index (χ0n) is 10.9. The van der Waals surface area contributed by atoms with Gasteiger partial charge in [0.2, 0.25) is 0 Å². The number of carbonyl (C=O) groups excluding carboxylic acids is 1. The van der Waals surface area contributed by atoms with Gasteiger partial charge in [-0.1, -0.05) is 35.7 Å². The Labute approximate surface area is 117 Å². The van der Waals surface area contributed by atoms with Gasteiger partial charge in [0.05, 0.1) is 0 Å². The minimum atomic E-state index is 0.178. The normalized spacial score (nSPS) is 16.9. The summed E-state index contributed by atoms with van der Waals surface area (Å²) >= 11 is 3.39. The minimum Gasteiger partial charge on any atom is -0.339 e. The standard InChI is InChI=1S/C15H20BrNO/c1-2-3-12-8-10-17(11-9-12)15(18)13-4-6-14(16)7-5-13/h4-7,12H,2-3,8-11H2,1H3. The van der Waals surface area contributed by atoms with Crippen LogP contribution >= 0.6 is 15.9 Å². The van der Waals surface area contributed by atoms with Crippen LogP contribution in [0.25, 0.3) is 0 Å². The highest BCUT2D eigenvalue weighted by atomic mass is 79.9. The summed E-state index contributed by atoms with van der Waals surface area (Å²) in [6.07, 6.45) is 4.89. The summed E-state index contributed by atoms with van der Waals surface area (Å²) in [6.45, 7) is 4.07. The molecule has 1 aliphatic heterocycles. The van der Waals surface area contributed by atoms with Gasteiger partial charge >= 0.3 is 0 Å². The number of hydrogen-bond donors (Lipinski definition) is 0. The number of carbonyl (C=O) groups is 1. The van der Waals surface area contributed by atoms with E-state index in [0.29, 0.717) is 0 Å². The Bertz CT molecular complexity index is 393. The zero-order valence-corrected chi connectivity index (χ0v) is 12.4. The molecule has 0 aliphatic carbocycles. The van der Waals surface area contributed by atoms with Gasteiger partial charge in [0.1, 0.15) is 0 Å². The molecule has 2 nitrogen and oxygen atoms in total. The van der Waals surface area contributed by atoms with Crippen LogP contribution in [0.5, 0.6) is 0 Å². The Morgan fingerprint density at radius 1 is 1.28 bits per heavy atom. The van der Waals surface area contributed by atoms with Crippen molar-refractivity contribution in [2.75, 3.05) is 13.1 Å². The second-order valence-corrected chi connectivity index (χ2v) is 5.95. The zero-order chi connectivity index (χ0) is 13.0. The number of hydrogen-bond acceptors (Lipinski definition) is 1. The Hall–Kier alpha value is -0.830. The molecule has 0 unspecified atom stereocenters. The van der Waals surface area contributed by atoms with Gasteiger partial charge in [-0.15, -0.1) is 0 Å². The van der Waals surface area contributed by atoms with Crippen LogP contribution in [0, 0.1) is 5.92 Å². The SMILES string of the molecule is CCCC1CCN(C(=O)c2ccc(Br)cc2)CC1. The lowest BCUT2D eigenvalue weighted by molar-refractivity contribution is 0.0686. The summed E-state index contributed by atoms with van der Waals surface area (Å²) < 4.78 is 1.01. The number of piperidine rings is 1. The van der Waals surface area contributed by atoms with Crippen LogP contribution in [-0.4, -0.2) is 23.9 Å². The molecule has 1 amide bonds. The number of benzene rings is 1. The van der Waals surface area contributed by atoms with Crippen molar-refractivity contribution in [3.63, 3.8) is 0 Å². The van der Waals surface area contributed by atoms with Crippen molar-refractivity contribution in [1.82, 2.24) is 4.90 Å². The van der Waals surface area contributed by atoms with E-state index in [1.807, 2.05) is 29.2 Å². The van der Waals surface area contributed by atoms with Gasteiger partial charge < -0.3 is 4.90 Å². The van der Waals surface area contributed by atoms with Crippen LogP contribution in [0.1, 0.15) is 43.0 Å². The molecular formula is C15H20BrNO. The highest BCUT2D eigenvalue weighted by molar-refractivity contribution is 9.10. The van der Waals surface area contributed by atoms with Crippen molar-refractivity contribution < 1.29 is 4.79 Å². The van der Waals surface area contributed by atoms with Crippen LogP contribution in [-0.2, 0) is 0 Å². The Kier molecular flexibility index (Phi) is 4.81. The van der Waals surface area contributed by atoms with Gasteiger partial charge in [-0.2, -0.15) is 0 Å². The second-order valence-electron chi connectivity index (χ2n) is 5.03. The summed E-state index contributed by atoms with van der Waals surface area (Å²) in [7, 11) is 0. The first-order chi connectivity index (χ1) is 8.70. The smallest absolute Gasteiger partial charge is 0.253 e. The van der Waals surface area contributed by atoms with E-state index in [4.69, 9.17) is 0 Å². The fraction of sp³-hybridized carbons (Fsp3) is 0.533. The highest BCUT2D eigenvalue weighted by Crippen LogP contribution is 2.23. The number of likely N-dealkylation sites (tertiary alicyclic amines) is 1. The van der Waals surface area contributed by atoms with Crippen molar-refractivity contribution in [1.29, 1.82) is 0 Å². The molecule has 1 aromatic carbocycles. The molecule has 1 heterocycles. The molecule has 18 heavy (non-hydrogen) atoms. The first-order valence-corrected chi connectivity index (χ1v) is 7.55. The molecule has 0 atom stereocenters. The monoisotopic (exact) mass is 309 g/mol. The summed E-state index contributed by atoms with van der Waals surface area (Å²) in [4.78, 5) is 14.3. The quantitative estimate of drug-likeness (QED) is 0.823. The molecule has 1 fully saturated rings. The molecule has 1 saturated heterocycles. The van der Waals surface area contributed by atoms with E-state index < -0.39 is 0 Å². The Morgan fingerprint density at radius 3 is 2.44 bits per heavy atom. The van der Waals surface area contributed by atoms with Crippen molar-refractivity contribution in [2.24, 2.45) is 5.92 Å². The van der Waals surface area contributed by atoms with Crippen molar-refractivity contribution in [3.8, 4) is 0 Å². The Morgan fingerprint density at radius 2 is 1.89 bits per heavy atom. The van der Waals surface area contributed by atoms with Gasteiger partial charge in [0.25, 0.3) is 5.91 Å². The lowest BCUT2D eigenvalue weighted by Crippen LogP contribution is -2.38. The van der Waals surface area contributed by atoms with Crippen LogP contribution in [0.15, 0.2) is 28.7 Å². The molecule has 3 heteroatoms. The number of amides is 1. The second kappa shape index (κ2) is 6.37. The van der Waals surface area contributed by atoms with Crippen molar-refractivity contribution >= 4 is 21.8 Å². The first kappa shape index (κ1) is 13.6. The van der Waals surface area contributed by atoms with Gasteiger partial charge in [-0.25, -0.2) is 0 Å². The van der Waals surface area contributed by atoms with E-state index >= 15 is 0 Å². The third kappa shape index (κ3) is 3.35. The van der Waals surface area contributed by atoms with Gasteiger partial charge in [0, 0.05) is 23.1 Å². The average Bonchev–Trinajstić information content (AvgIpc) is 2.40. The van der Waals surface area contributed by atoms with Crippen LogP contribution < -0.4 is 0 Å². The van der Waals surface area contributed by atoms with E-state index in [0.717, 1.165) is 41.9 Å². The van der Waals surface area contributed by atoms with Gasteiger partial charge in [-0.05, 0) is 43.0 Å². The molecule has 0 spiro atoms. The fourth-order valence-corrected chi connectivity index (χ4v) is 2.87. The molecule has 1 aromatic rings. The first-order valence-electron chi connectivity index (χ1n) is 6.75. The summed E-state index contributed by atoms with van der Waals surface area (Å²) in [5, 5.41) is 0. The molecule has 0 saturated carbocycles. The maximum absolute atomic E-state index is 12.3. The number of nitrogens with zero attached hydrogens (tertiary/aromatic N) is 1. The van der Waals surface area contributed by atoms with E-state index in [1.165, 1.54) is 12.8 Å². The molecule has 0 bridgehead atoms. The lowest BCUT2D eigenvalue weighted by atomic mass is 9.92. The molecule has 2 rings (SSSR count). The van der Waals surface area contributed by atoms with Crippen molar-refractivity contribution in [2.45, 2.75) is 32.6 Å². The van der Waals surface area contributed by atoms with E-state index in [9.17, 15) is 4.79 Å². The molecule has 0 aromatic heterocycles. The predicted molar refractivity (Wildman–Crippen MR) is 77.7 cm³/mol. The highest BCUT2D eigenvalue weighted by Gasteiger charge is 2.22. The summed E-state index contributed by atoms with van der Waals surface area (Å²) in [5.41, 5.74) is 0.798. The lowest BCUT2D eigenvalue weighted by Gasteiger charge is -2.32. The Balaban J connectivity index is 1.93. The summed E-state index contributed by atoms with van der Waals surface area (Å²) in [6, 6.07) is 7.64. The van der Waals surface area contributed by atoms with Gasteiger partial charge in [-0.3, -0.25) is 4.79 Å². The third-order valence-electron chi connectivity index (χ3n) is 3.69. The molecule has 0 N–H and O–H groups in total. The maximum Gasteiger partial charge on any atom is 0.253 e. The van der Waals surface area contributed by atoms with Crippen LogP contribution in [0.3, 0.4) is 0 Å². The predicted octanol–water partition coefficient (Wildman–Crippen LogP) is 4.10. The van der Waals surface area contributed by atoms with Gasteiger partial charge in [0.15, 0.2) is 0 Å². The average molecular weight is 310 g/mol.